The summed E-state index contributed by atoms with van der Waals surface area (Å²) >= 11 is 0. The fraction of sp³-hybridized carbons (Fsp3) is 0.342. The van der Waals surface area contributed by atoms with E-state index in [1.54, 1.807) is 48.5 Å². The van der Waals surface area contributed by atoms with Crippen molar-refractivity contribution in [3.8, 4) is 0 Å². The van der Waals surface area contributed by atoms with E-state index in [2.05, 4.69) is 15.6 Å². The second-order valence-electron chi connectivity index (χ2n) is 12.3. The molecule has 0 bridgehead atoms. The van der Waals surface area contributed by atoms with Crippen LogP contribution in [0.3, 0.4) is 0 Å². The quantitative estimate of drug-likeness (QED) is 0.0696. The van der Waals surface area contributed by atoms with Gasteiger partial charge in [0.2, 0.25) is 23.7 Å². The Morgan fingerprint density at radius 3 is 1.92 bits per heavy atom. The van der Waals surface area contributed by atoms with E-state index >= 15 is 0 Å². The zero-order valence-electron chi connectivity index (χ0n) is 28.8. The molecule has 1 unspecified atom stereocenters. The number of β-lactam (4-membered cyclic amide) rings is 1. The Bertz CT molecular complexity index is 1750. The predicted octanol–water partition coefficient (Wildman–Crippen LogP) is 4.08. The minimum atomic E-state index is -1.07. The van der Waals surface area contributed by atoms with Crippen molar-refractivity contribution in [3.05, 3.63) is 108 Å². The molecule has 0 spiro atoms. The van der Waals surface area contributed by atoms with E-state index in [1.807, 2.05) is 42.5 Å². The van der Waals surface area contributed by atoms with E-state index in [-0.39, 0.29) is 45.2 Å². The number of esters is 1. The molecule has 3 aromatic carbocycles. The SMILES string of the molecule is CC(=O)N1C(=O)[C@@H](CCCNC(=NC(=O)OCc2ccccc2)NC(=O)OCc2ccccc2)[C@@H]1C(=O)N1CCCC1C(=O)OCc1ccccc1. The number of hydrogen-bond acceptors (Lipinski definition) is 9. The summed E-state index contributed by atoms with van der Waals surface area (Å²) in [5.41, 5.74) is 2.31. The topological polar surface area (TPSA) is 173 Å². The van der Waals surface area contributed by atoms with Gasteiger partial charge in [0, 0.05) is 20.0 Å². The first-order valence-electron chi connectivity index (χ1n) is 17.1. The van der Waals surface area contributed by atoms with Crippen LogP contribution in [-0.2, 0) is 53.2 Å². The normalized spacial score (nSPS) is 18.2. The highest BCUT2D eigenvalue weighted by Crippen LogP contribution is 2.34. The van der Waals surface area contributed by atoms with Gasteiger partial charge in [0.25, 0.3) is 0 Å². The Hall–Kier alpha value is -6.05. The van der Waals surface area contributed by atoms with Crippen molar-refractivity contribution in [1.82, 2.24) is 20.4 Å². The molecular weight excluding hydrogens is 670 g/mol. The number of nitrogens with one attached hydrogen (secondary N) is 2. The fourth-order valence-electron chi connectivity index (χ4n) is 6.07. The van der Waals surface area contributed by atoms with Crippen molar-refractivity contribution >= 4 is 41.8 Å². The predicted molar refractivity (Wildman–Crippen MR) is 187 cm³/mol. The van der Waals surface area contributed by atoms with Gasteiger partial charge in [-0.1, -0.05) is 91.0 Å². The number of alkyl carbamates (subject to hydrolysis) is 1. The number of hydrogen-bond donors (Lipinski definition) is 2. The van der Waals surface area contributed by atoms with Gasteiger partial charge in [-0.15, -0.1) is 4.99 Å². The number of benzene rings is 3. The number of guanidine groups is 1. The third kappa shape index (κ3) is 10.0. The molecule has 2 aliphatic rings. The molecule has 52 heavy (non-hydrogen) atoms. The van der Waals surface area contributed by atoms with Gasteiger partial charge in [0.15, 0.2) is 0 Å². The molecule has 0 radical (unpaired) electrons. The highest BCUT2D eigenvalue weighted by molar-refractivity contribution is 6.09. The first-order chi connectivity index (χ1) is 25.2. The maximum absolute atomic E-state index is 13.8. The van der Waals surface area contributed by atoms with Gasteiger partial charge in [-0.05, 0) is 42.4 Å². The molecule has 5 rings (SSSR count). The molecule has 5 amide bonds. The molecule has 3 aromatic rings. The second-order valence-corrected chi connectivity index (χ2v) is 12.3. The maximum Gasteiger partial charge on any atom is 0.437 e. The van der Waals surface area contributed by atoms with Crippen LogP contribution in [0, 0.1) is 5.92 Å². The number of amides is 5. The summed E-state index contributed by atoms with van der Waals surface area (Å²) in [7, 11) is 0. The van der Waals surface area contributed by atoms with Crippen LogP contribution in [0.5, 0.6) is 0 Å². The Morgan fingerprint density at radius 1 is 0.788 bits per heavy atom. The van der Waals surface area contributed by atoms with E-state index in [0.29, 0.717) is 19.4 Å². The van der Waals surface area contributed by atoms with E-state index in [9.17, 15) is 28.8 Å². The summed E-state index contributed by atoms with van der Waals surface area (Å²) < 4.78 is 16.0. The van der Waals surface area contributed by atoms with Crippen LogP contribution in [-0.4, -0.2) is 76.8 Å². The molecule has 3 atom stereocenters. The Kier molecular flexibility index (Phi) is 13.1. The lowest BCUT2D eigenvalue weighted by molar-refractivity contribution is -0.175. The molecule has 2 saturated heterocycles. The Labute approximate surface area is 301 Å². The van der Waals surface area contributed by atoms with Crippen LogP contribution in [0.1, 0.15) is 49.3 Å². The van der Waals surface area contributed by atoms with Gasteiger partial charge in [0.05, 0.1) is 5.92 Å². The average molecular weight is 712 g/mol. The monoisotopic (exact) mass is 711 g/mol. The van der Waals surface area contributed by atoms with Gasteiger partial charge >= 0.3 is 18.2 Å². The van der Waals surface area contributed by atoms with Crippen molar-refractivity contribution in [1.29, 1.82) is 0 Å². The minimum absolute atomic E-state index is 0.0209. The van der Waals surface area contributed by atoms with Gasteiger partial charge in [-0.25, -0.2) is 14.4 Å². The van der Waals surface area contributed by atoms with Crippen LogP contribution >= 0.6 is 0 Å². The number of carbonyl (C=O) groups is 6. The summed E-state index contributed by atoms with van der Waals surface area (Å²) in [6, 6.07) is 25.3. The van der Waals surface area contributed by atoms with Crippen LogP contribution in [0.15, 0.2) is 96.0 Å². The molecule has 0 aliphatic carbocycles. The van der Waals surface area contributed by atoms with Crippen LogP contribution in [0.25, 0.3) is 0 Å². The van der Waals surface area contributed by atoms with E-state index in [1.165, 1.54) is 11.8 Å². The molecule has 14 heteroatoms. The van der Waals surface area contributed by atoms with Crippen LogP contribution in [0.2, 0.25) is 0 Å². The zero-order chi connectivity index (χ0) is 36.9. The van der Waals surface area contributed by atoms with Crippen molar-refractivity contribution in [2.45, 2.75) is 64.5 Å². The zero-order valence-corrected chi connectivity index (χ0v) is 28.8. The largest absolute Gasteiger partial charge is 0.459 e. The van der Waals surface area contributed by atoms with Crippen LogP contribution < -0.4 is 10.6 Å². The molecule has 14 nitrogen and oxygen atoms in total. The molecule has 272 valence electrons. The molecule has 2 heterocycles. The smallest absolute Gasteiger partial charge is 0.437 e. The fourth-order valence-corrected chi connectivity index (χ4v) is 6.07. The highest BCUT2D eigenvalue weighted by atomic mass is 16.6. The molecule has 2 aliphatic heterocycles. The van der Waals surface area contributed by atoms with E-state index < -0.39 is 53.9 Å². The first kappa shape index (κ1) is 37.2. The standard InChI is InChI=1S/C38H41N5O9/c1-26(44)43-32(34(46)42-22-12-20-31(42)35(47)50-23-27-13-5-2-6-14-27)30(33(43)45)19-11-21-39-36(40-37(48)51-24-28-15-7-3-8-16-28)41-38(49)52-25-29-17-9-4-10-18-29/h2-10,13-18,30-32H,11-12,19-25H2,1H3,(H2,39,40,41,48,49)/t30-,31?,32+/m0/s1. The number of aliphatic imine (C=N–C) groups is 1. The lowest BCUT2D eigenvalue weighted by Gasteiger charge is -2.46. The molecule has 0 aromatic heterocycles. The summed E-state index contributed by atoms with van der Waals surface area (Å²) in [4.78, 5) is 83.7. The number of likely N-dealkylation sites (tertiary alicyclic amines) is 2. The third-order valence-corrected chi connectivity index (χ3v) is 8.66. The Morgan fingerprint density at radius 2 is 1.35 bits per heavy atom. The number of ether oxygens (including phenoxy) is 3. The number of carbonyl (C=O) groups excluding carboxylic acids is 6. The summed E-state index contributed by atoms with van der Waals surface area (Å²) in [6.07, 6.45) is -0.381. The molecule has 2 fully saturated rings. The summed E-state index contributed by atoms with van der Waals surface area (Å²) in [5, 5.41) is 5.28. The molecule has 0 saturated carbocycles. The van der Waals surface area contributed by atoms with Gasteiger partial charge in [-0.3, -0.25) is 24.6 Å². The second kappa shape index (κ2) is 18.3. The number of nitrogens with zero attached hydrogens (tertiary/aromatic N) is 3. The summed E-state index contributed by atoms with van der Waals surface area (Å²) in [5.74, 6) is -3.14. The molecular formula is C38H41N5O9. The van der Waals surface area contributed by atoms with Crippen molar-refractivity contribution in [2.24, 2.45) is 10.9 Å². The van der Waals surface area contributed by atoms with Gasteiger partial charge in [0.1, 0.15) is 31.9 Å². The lowest BCUT2D eigenvalue weighted by atomic mass is 9.82. The molecule has 2 N–H and O–H groups in total. The first-order valence-corrected chi connectivity index (χ1v) is 17.1. The Balaban J connectivity index is 1.18. The average Bonchev–Trinajstić information content (AvgIpc) is 3.65. The number of rotatable bonds is 12. The minimum Gasteiger partial charge on any atom is -0.459 e. The summed E-state index contributed by atoms with van der Waals surface area (Å²) in [6.45, 7) is 1.63. The van der Waals surface area contributed by atoms with Crippen molar-refractivity contribution < 1.29 is 43.0 Å². The highest BCUT2D eigenvalue weighted by Gasteiger charge is 2.55. The van der Waals surface area contributed by atoms with Gasteiger partial charge in [-0.2, -0.15) is 0 Å². The lowest BCUT2D eigenvalue weighted by Crippen LogP contribution is -2.68. The van der Waals surface area contributed by atoms with Crippen molar-refractivity contribution in [2.75, 3.05) is 13.1 Å². The van der Waals surface area contributed by atoms with E-state index in [4.69, 9.17) is 14.2 Å². The van der Waals surface area contributed by atoms with Gasteiger partial charge < -0.3 is 24.4 Å². The van der Waals surface area contributed by atoms with Crippen LogP contribution in [0.4, 0.5) is 9.59 Å². The third-order valence-electron chi connectivity index (χ3n) is 8.66. The number of imide groups is 1. The van der Waals surface area contributed by atoms with E-state index in [0.717, 1.165) is 21.6 Å². The maximum atomic E-state index is 13.8. The van der Waals surface area contributed by atoms with Crippen molar-refractivity contribution in [3.63, 3.8) is 0 Å².